The quantitative estimate of drug-likeness (QED) is 0.655. The van der Waals surface area contributed by atoms with Crippen molar-refractivity contribution >= 4 is 17.6 Å². The van der Waals surface area contributed by atoms with Crippen molar-refractivity contribution in [3.05, 3.63) is 102 Å². The zero-order chi connectivity index (χ0) is 20.8. The molecule has 0 saturated carbocycles. The van der Waals surface area contributed by atoms with Gasteiger partial charge >= 0.3 is 6.03 Å². The summed E-state index contributed by atoms with van der Waals surface area (Å²) in [6, 6.07) is 29.0. The SMILES string of the molecule is O=C(NCC1CC(=O)N(c2ccccc2)C1)NC(c1ccccc1)c1ccccc1. The summed E-state index contributed by atoms with van der Waals surface area (Å²) < 4.78 is 0. The van der Waals surface area contributed by atoms with E-state index in [0.29, 0.717) is 19.5 Å². The second-order valence-electron chi connectivity index (χ2n) is 7.52. The van der Waals surface area contributed by atoms with Crippen LogP contribution in [0.3, 0.4) is 0 Å². The van der Waals surface area contributed by atoms with E-state index >= 15 is 0 Å². The highest BCUT2D eigenvalue weighted by Gasteiger charge is 2.30. The van der Waals surface area contributed by atoms with Gasteiger partial charge in [-0.15, -0.1) is 0 Å². The maximum Gasteiger partial charge on any atom is 0.315 e. The number of amides is 3. The summed E-state index contributed by atoms with van der Waals surface area (Å²) in [6.07, 6.45) is 0.440. The van der Waals surface area contributed by atoms with Crippen molar-refractivity contribution in [3.8, 4) is 0 Å². The predicted molar refractivity (Wildman–Crippen MR) is 118 cm³/mol. The Morgan fingerprint density at radius 3 is 1.97 bits per heavy atom. The molecular weight excluding hydrogens is 374 g/mol. The second-order valence-corrected chi connectivity index (χ2v) is 7.52. The number of nitrogens with one attached hydrogen (secondary N) is 2. The van der Waals surface area contributed by atoms with Crippen molar-refractivity contribution in [2.24, 2.45) is 5.92 Å². The molecule has 1 aliphatic heterocycles. The number of hydrogen-bond acceptors (Lipinski definition) is 2. The van der Waals surface area contributed by atoms with Crippen molar-refractivity contribution < 1.29 is 9.59 Å². The summed E-state index contributed by atoms with van der Waals surface area (Å²) in [4.78, 5) is 26.8. The molecule has 1 unspecified atom stereocenters. The van der Waals surface area contributed by atoms with E-state index in [4.69, 9.17) is 0 Å². The van der Waals surface area contributed by atoms with Gasteiger partial charge in [0.05, 0.1) is 6.04 Å². The fourth-order valence-corrected chi connectivity index (χ4v) is 3.85. The Balaban J connectivity index is 1.37. The fourth-order valence-electron chi connectivity index (χ4n) is 3.85. The van der Waals surface area contributed by atoms with Crippen molar-refractivity contribution in [2.45, 2.75) is 12.5 Å². The van der Waals surface area contributed by atoms with Crippen LogP contribution in [0.25, 0.3) is 0 Å². The van der Waals surface area contributed by atoms with E-state index in [1.165, 1.54) is 0 Å². The highest BCUT2D eigenvalue weighted by molar-refractivity contribution is 5.95. The van der Waals surface area contributed by atoms with E-state index < -0.39 is 0 Å². The molecule has 1 aliphatic rings. The monoisotopic (exact) mass is 399 g/mol. The molecule has 3 aromatic rings. The standard InChI is InChI=1S/C25H25N3O2/c29-23-16-19(18-28(23)22-14-8-3-9-15-22)17-26-25(30)27-24(20-10-4-1-5-11-20)21-12-6-2-7-13-21/h1-15,19,24H,16-18H2,(H2,26,27,30). The van der Waals surface area contributed by atoms with Crippen molar-refractivity contribution in [3.63, 3.8) is 0 Å². The van der Waals surface area contributed by atoms with E-state index in [9.17, 15) is 9.59 Å². The minimum absolute atomic E-state index is 0.0929. The smallest absolute Gasteiger partial charge is 0.315 e. The lowest BCUT2D eigenvalue weighted by Gasteiger charge is -2.21. The molecule has 5 heteroatoms. The van der Waals surface area contributed by atoms with E-state index in [1.54, 1.807) is 4.90 Å². The minimum atomic E-state index is -0.238. The maximum atomic E-state index is 12.7. The summed E-state index contributed by atoms with van der Waals surface area (Å²) in [5, 5.41) is 6.04. The number of anilines is 1. The molecule has 152 valence electrons. The third kappa shape index (κ3) is 4.69. The van der Waals surface area contributed by atoms with Crippen LogP contribution in [-0.4, -0.2) is 25.0 Å². The first-order valence-electron chi connectivity index (χ1n) is 10.2. The van der Waals surface area contributed by atoms with Crippen LogP contribution in [0.2, 0.25) is 0 Å². The molecule has 1 saturated heterocycles. The van der Waals surface area contributed by atoms with Gasteiger partial charge in [-0.25, -0.2) is 4.79 Å². The average Bonchev–Trinajstić information content (AvgIpc) is 3.18. The zero-order valence-corrected chi connectivity index (χ0v) is 16.7. The van der Waals surface area contributed by atoms with Gasteiger partial charge in [0.1, 0.15) is 0 Å². The number of urea groups is 1. The fraction of sp³-hybridized carbons (Fsp3) is 0.200. The summed E-state index contributed by atoms with van der Waals surface area (Å²) in [5.74, 6) is 0.190. The molecule has 2 N–H and O–H groups in total. The van der Waals surface area contributed by atoms with Crippen LogP contribution in [0.15, 0.2) is 91.0 Å². The van der Waals surface area contributed by atoms with Crippen LogP contribution < -0.4 is 15.5 Å². The molecule has 0 aromatic heterocycles. The van der Waals surface area contributed by atoms with E-state index in [1.807, 2.05) is 91.0 Å². The maximum absolute atomic E-state index is 12.7. The van der Waals surface area contributed by atoms with Gasteiger partial charge in [-0.05, 0) is 23.3 Å². The van der Waals surface area contributed by atoms with Crippen LogP contribution in [-0.2, 0) is 4.79 Å². The summed E-state index contributed by atoms with van der Waals surface area (Å²) in [5.41, 5.74) is 2.94. The summed E-state index contributed by atoms with van der Waals surface area (Å²) in [6.45, 7) is 1.07. The molecule has 4 rings (SSSR count). The lowest BCUT2D eigenvalue weighted by molar-refractivity contribution is -0.117. The Kier molecular flexibility index (Phi) is 6.09. The van der Waals surface area contributed by atoms with Crippen LogP contribution in [0.5, 0.6) is 0 Å². The summed E-state index contributed by atoms with van der Waals surface area (Å²) in [7, 11) is 0. The van der Waals surface area contributed by atoms with Crippen LogP contribution in [0.1, 0.15) is 23.6 Å². The molecule has 0 aliphatic carbocycles. The van der Waals surface area contributed by atoms with Crippen LogP contribution >= 0.6 is 0 Å². The van der Waals surface area contributed by atoms with Gasteiger partial charge in [0.25, 0.3) is 0 Å². The average molecular weight is 399 g/mol. The first kappa shape index (κ1) is 19.7. The van der Waals surface area contributed by atoms with Gasteiger partial charge in [-0.3, -0.25) is 4.79 Å². The predicted octanol–water partition coefficient (Wildman–Crippen LogP) is 4.13. The summed E-state index contributed by atoms with van der Waals surface area (Å²) >= 11 is 0. The highest BCUT2D eigenvalue weighted by atomic mass is 16.2. The van der Waals surface area contributed by atoms with Gasteiger partial charge in [0.2, 0.25) is 5.91 Å². The number of carbonyl (C=O) groups excluding carboxylic acids is 2. The molecule has 3 amide bonds. The third-order valence-corrected chi connectivity index (χ3v) is 5.37. The lowest BCUT2D eigenvalue weighted by Crippen LogP contribution is -2.41. The Morgan fingerprint density at radius 2 is 1.40 bits per heavy atom. The number of nitrogens with zero attached hydrogens (tertiary/aromatic N) is 1. The highest BCUT2D eigenvalue weighted by Crippen LogP contribution is 2.25. The van der Waals surface area contributed by atoms with Crippen LogP contribution in [0, 0.1) is 5.92 Å². The molecule has 1 heterocycles. The molecule has 0 radical (unpaired) electrons. The third-order valence-electron chi connectivity index (χ3n) is 5.37. The van der Waals surface area contributed by atoms with Crippen molar-refractivity contribution in [1.29, 1.82) is 0 Å². The minimum Gasteiger partial charge on any atom is -0.338 e. The number of hydrogen-bond donors (Lipinski definition) is 2. The van der Waals surface area contributed by atoms with Gasteiger partial charge in [-0.1, -0.05) is 78.9 Å². The van der Waals surface area contributed by atoms with Gasteiger partial charge < -0.3 is 15.5 Å². The molecule has 0 bridgehead atoms. The zero-order valence-electron chi connectivity index (χ0n) is 16.7. The molecular formula is C25H25N3O2. The topological polar surface area (TPSA) is 61.4 Å². The van der Waals surface area contributed by atoms with Gasteiger partial charge in [-0.2, -0.15) is 0 Å². The second kappa shape index (κ2) is 9.27. The number of para-hydroxylation sites is 1. The number of benzene rings is 3. The van der Waals surface area contributed by atoms with Crippen molar-refractivity contribution in [1.82, 2.24) is 10.6 Å². The van der Waals surface area contributed by atoms with Gasteiger partial charge in [0.15, 0.2) is 0 Å². The largest absolute Gasteiger partial charge is 0.338 e. The molecule has 1 atom stereocenters. The van der Waals surface area contributed by atoms with E-state index in [2.05, 4.69) is 10.6 Å². The Bertz CT molecular complexity index is 938. The van der Waals surface area contributed by atoms with Crippen molar-refractivity contribution in [2.75, 3.05) is 18.0 Å². The van der Waals surface area contributed by atoms with Gasteiger partial charge in [0, 0.05) is 31.1 Å². The first-order chi connectivity index (χ1) is 14.7. The molecule has 0 spiro atoms. The first-order valence-corrected chi connectivity index (χ1v) is 10.2. The molecule has 5 nitrogen and oxygen atoms in total. The molecule has 1 fully saturated rings. The van der Waals surface area contributed by atoms with Crippen LogP contribution in [0.4, 0.5) is 10.5 Å². The number of carbonyl (C=O) groups is 2. The van der Waals surface area contributed by atoms with E-state index in [0.717, 1.165) is 16.8 Å². The lowest BCUT2D eigenvalue weighted by atomic mass is 9.99. The van der Waals surface area contributed by atoms with E-state index in [-0.39, 0.29) is 23.9 Å². The molecule has 3 aromatic carbocycles. The Morgan fingerprint density at radius 1 is 0.867 bits per heavy atom. The Hall–Kier alpha value is -3.60. The Labute approximate surface area is 176 Å². The normalized spacial score (nSPS) is 16.0. The molecule has 30 heavy (non-hydrogen) atoms. The number of rotatable bonds is 6.